The smallest absolute Gasteiger partial charge is 0.326 e. The third-order valence-corrected chi connectivity index (χ3v) is 12.1. The van der Waals surface area contributed by atoms with E-state index < -0.39 is 81.9 Å². The van der Waals surface area contributed by atoms with Crippen LogP contribution < -0.4 is 43.8 Å². The van der Waals surface area contributed by atoms with E-state index in [9.17, 15) is 33.9 Å². The molecule has 0 aliphatic carbocycles. The minimum atomic E-state index is -1.23. The van der Waals surface area contributed by atoms with Crippen LogP contribution in [0.4, 0.5) is 0 Å². The monoisotopic (exact) mass is 872 g/mol. The van der Waals surface area contributed by atoms with Gasteiger partial charge in [0.2, 0.25) is 29.5 Å². The summed E-state index contributed by atoms with van der Waals surface area (Å²) in [6.45, 7) is 13.4. The second-order valence-electron chi connectivity index (χ2n) is 17.7. The number of nitrogens with zero attached hydrogens (tertiary/aromatic N) is 2. The number of aliphatic imine (C=N–C) groups is 1. The molecule has 13 N–H and O–H groups in total. The van der Waals surface area contributed by atoms with E-state index in [0.29, 0.717) is 38.8 Å². The number of guanidine groups is 1. The third-order valence-electron chi connectivity index (χ3n) is 10.7. The number of benzene rings is 1. The number of hydrogen-bond acceptors (Lipinski definition) is 10. The van der Waals surface area contributed by atoms with Gasteiger partial charge in [-0.3, -0.25) is 29.0 Å². The van der Waals surface area contributed by atoms with Crippen molar-refractivity contribution in [3.63, 3.8) is 0 Å². The van der Waals surface area contributed by atoms with Gasteiger partial charge in [0.25, 0.3) is 0 Å². The summed E-state index contributed by atoms with van der Waals surface area (Å²) < 4.78 is -0.817. The summed E-state index contributed by atoms with van der Waals surface area (Å²) in [5.74, 6) is -3.90. The summed E-state index contributed by atoms with van der Waals surface area (Å²) in [5.41, 5.74) is 17.3. The van der Waals surface area contributed by atoms with Crippen molar-refractivity contribution in [2.75, 3.05) is 26.0 Å². The van der Waals surface area contributed by atoms with Crippen molar-refractivity contribution < 1.29 is 33.9 Å². The molecule has 1 aromatic carbocycles. The highest BCUT2D eigenvalue weighted by Gasteiger charge is 2.50. The standard InChI is InChI=1S/C42H69N11O7S/c1-24(2)20-31(39(59)60)51-36(56)32(41(3,4)5)52-35(55)30(21-25-22-48-27-15-10-9-14-26(25)27)50-37(57)33-42(6,7)61-23-53(33)38(58)29(16-11-12-18-43)49-34(54)28(46-8)17-13-19-47-40(44)45/h9-10,14-15,22,24,28-33,46,48H,11-13,16-21,23,43H2,1-8H3,(H,49,54)(H,50,57)(H,51,56)(H,52,55)(H,59,60)(H4,44,45,47)/t28-,29-,30-,31-,32+,33+/m0/s1. The van der Waals surface area contributed by atoms with Gasteiger partial charge in [0, 0.05) is 34.8 Å². The quantitative estimate of drug-likeness (QED) is 0.0430. The Kier molecular flexibility index (Phi) is 18.9. The number of nitrogens with two attached hydrogens (primary N) is 3. The van der Waals surface area contributed by atoms with Gasteiger partial charge in [-0.1, -0.05) is 52.8 Å². The van der Waals surface area contributed by atoms with Gasteiger partial charge in [-0.2, -0.15) is 0 Å². The number of H-pyrrole nitrogens is 1. The maximum atomic E-state index is 14.7. The van der Waals surface area contributed by atoms with Crippen LogP contribution in [0.1, 0.15) is 92.6 Å². The fourth-order valence-electron chi connectivity index (χ4n) is 7.39. The second-order valence-corrected chi connectivity index (χ2v) is 19.3. The van der Waals surface area contributed by atoms with E-state index in [2.05, 4.69) is 36.6 Å². The number of rotatable bonds is 23. The second kappa shape index (κ2) is 22.8. The van der Waals surface area contributed by atoms with Gasteiger partial charge in [0.05, 0.1) is 11.9 Å². The lowest BCUT2D eigenvalue weighted by Crippen LogP contribution is -2.63. The molecule has 6 atom stereocenters. The molecule has 2 heterocycles. The van der Waals surface area contributed by atoms with Crippen LogP contribution in [-0.4, -0.2) is 123 Å². The van der Waals surface area contributed by atoms with Crippen LogP contribution in [0.15, 0.2) is 35.5 Å². The minimum Gasteiger partial charge on any atom is -0.480 e. The molecule has 1 saturated heterocycles. The van der Waals surface area contributed by atoms with E-state index >= 15 is 0 Å². The molecule has 0 saturated carbocycles. The summed E-state index contributed by atoms with van der Waals surface area (Å²) in [5, 5.41) is 25.0. The predicted octanol–water partition coefficient (Wildman–Crippen LogP) is 1.28. The topological polar surface area (TPSA) is 292 Å². The highest BCUT2D eigenvalue weighted by atomic mass is 32.2. The van der Waals surface area contributed by atoms with Crippen LogP contribution in [0.3, 0.4) is 0 Å². The van der Waals surface area contributed by atoms with Gasteiger partial charge in [-0.15, -0.1) is 11.8 Å². The molecule has 3 rings (SSSR count). The molecule has 0 unspecified atom stereocenters. The summed E-state index contributed by atoms with van der Waals surface area (Å²) in [4.78, 5) is 91.8. The number of fused-ring (bicyclic) bond motifs is 1. The van der Waals surface area contributed by atoms with Crippen molar-refractivity contribution in [1.29, 1.82) is 0 Å². The van der Waals surface area contributed by atoms with Crippen LogP contribution in [0.25, 0.3) is 10.9 Å². The Morgan fingerprint density at radius 1 is 0.918 bits per heavy atom. The number of carbonyl (C=O) groups is 6. The first-order valence-electron chi connectivity index (χ1n) is 21.0. The van der Waals surface area contributed by atoms with Gasteiger partial charge >= 0.3 is 5.97 Å². The molecule has 1 fully saturated rings. The largest absolute Gasteiger partial charge is 0.480 e. The van der Waals surface area contributed by atoms with Gasteiger partial charge < -0.3 is 58.8 Å². The van der Waals surface area contributed by atoms with Crippen molar-refractivity contribution in [3.8, 4) is 0 Å². The van der Waals surface area contributed by atoms with E-state index in [-0.39, 0.29) is 37.0 Å². The molecule has 0 radical (unpaired) electrons. The maximum Gasteiger partial charge on any atom is 0.326 e. The molecule has 0 spiro atoms. The lowest BCUT2D eigenvalue weighted by atomic mass is 9.85. The van der Waals surface area contributed by atoms with E-state index in [1.165, 1.54) is 16.7 Å². The Balaban J connectivity index is 1.96. The molecule has 1 aliphatic heterocycles. The lowest BCUT2D eigenvalue weighted by molar-refractivity contribution is -0.144. The average molecular weight is 872 g/mol. The van der Waals surface area contributed by atoms with Crippen LogP contribution >= 0.6 is 11.8 Å². The summed E-state index contributed by atoms with van der Waals surface area (Å²) in [6.07, 6.45) is 4.31. The number of aliphatic carboxylic acids is 1. The average Bonchev–Trinajstić information content (AvgIpc) is 3.73. The van der Waals surface area contributed by atoms with E-state index in [1.54, 1.807) is 34.0 Å². The molecule has 18 nitrogen and oxygen atoms in total. The molecule has 340 valence electrons. The summed E-state index contributed by atoms with van der Waals surface area (Å²) in [6, 6.07) is 1.24. The van der Waals surface area contributed by atoms with Crippen molar-refractivity contribution in [1.82, 2.24) is 36.5 Å². The first-order chi connectivity index (χ1) is 28.6. The van der Waals surface area contributed by atoms with Crippen molar-refractivity contribution in [2.45, 2.75) is 134 Å². The molecule has 0 bridgehead atoms. The summed E-state index contributed by atoms with van der Waals surface area (Å²) >= 11 is 1.40. The maximum absolute atomic E-state index is 14.7. The number of hydrogen-bond donors (Lipinski definition) is 10. The van der Waals surface area contributed by atoms with Crippen molar-refractivity contribution in [2.24, 2.45) is 33.5 Å². The van der Waals surface area contributed by atoms with Crippen molar-refractivity contribution in [3.05, 3.63) is 36.0 Å². The Bertz CT molecular complexity index is 1860. The zero-order valence-corrected chi connectivity index (χ0v) is 37.7. The van der Waals surface area contributed by atoms with E-state index in [0.717, 1.165) is 16.5 Å². The number of nitrogens with one attached hydrogen (secondary N) is 6. The fraction of sp³-hybridized carbons (Fsp3) is 0.643. The number of unbranched alkanes of at least 4 members (excludes halogenated alkanes) is 1. The normalized spacial score (nSPS) is 17.5. The lowest BCUT2D eigenvalue weighted by Gasteiger charge is -2.35. The number of carbonyl (C=O) groups excluding carboxylic acids is 5. The molecule has 1 aliphatic rings. The Morgan fingerprint density at radius 2 is 1.56 bits per heavy atom. The Morgan fingerprint density at radius 3 is 2.16 bits per heavy atom. The SMILES string of the molecule is CN[C@@H](CCCN=C(N)N)C(=O)N[C@@H](CCCCN)C(=O)N1CSC(C)(C)[C@H]1C(=O)N[C@@H](Cc1c[nH]c2ccccc12)C(=O)N[C@H](C(=O)N[C@@H](CC(C)C)C(=O)O)C(C)(C)C. The highest BCUT2D eigenvalue weighted by Crippen LogP contribution is 2.40. The highest BCUT2D eigenvalue weighted by molar-refractivity contribution is 8.00. The van der Waals surface area contributed by atoms with Crippen molar-refractivity contribution >= 4 is 64.1 Å². The van der Waals surface area contributed by atoms with Crippen LogP contribution in [-0.2, 0) is 35.2 Å². The first-order valence-corrected chi connectivity index (χ1v) is 22.0. The molecule has 1 aromatic heterocycles. The first kappa shape index (κ1) is 50.5. The number of aromatic nitrogens is 1. The molecule has 2 aromatic rings. The minimum absolute atomic E-state index is 0.0196. The van der Waals surface area contributed by atoms with Gasteiger partial charge in [-0.25, -0.2) is 4.79 Å². The van der Waals surface area contributed by atoms with Gasteiger partial charge in [0.1, 0.15) is 30.2 Å². The zero-order chi connectivity index (χ0) is 45.7. The fourth-order valence-corrected chi connectivity index (χ4v) is 8.53. The molecule has 19 heteroatoms. The number of carboxylic acids is 1. The molecule has 5 amide bonds. The third kappa shape index (κ3) is 14.6. The molecule has 61 heavy (non-hydrogen) atoms. The number of aromatic amines is 1. The van der Waals surface area contributed by atoms with E-state index in [4.69, 9.17) is 17.2 Å². The summed E-state index contributed by atoms with van der Waals surface area (Å²) in [7, 11) is 1.65. The number of carboxylic acid groups (broad SMARTS) is 1. The molecular weight excluding hydrogens is 803 g/mol. The Labute approximate surface area is 363 Å². The number of likely N-dealkylation sites (N-methyl/N-ethyl adjacent to an activating group) is 1. The zero-order valence-electron chi connectivity index (χ0n) is 36.9. The molecular formula is C42H69N11O7S. The number of thioether (sulfide) groups is 1. The van der Waals surface area contributed by atoms with Crippen LogP contribution in [0.2, 0.25) is 0 Å². The van der Waals surface area contributed by atoms with Gasteiger partial charge in [-0.05, 0) is 88.9 Å². The van der Waals surface area contributed by atoms with Crippen LogP contribution in [0.5, 0.6) is 0 Å². The Hall–Kier alpha value is -4.88. The van der Waals surface area contributed by atoms with E-state index in [1.807, 2.05) is 52.0 Å². The number of para-hydroxylation sites is 1. The van der Waals surface area contributed by atoms with Crippen LogP contribution in [0, 0.1) is 11.3 Å². The predicted molar refractivity (Wildman–Crippen MR) is 239 cm³/mol. The number of amides is 5. The van der Waals surface area contributed by atoms with Gasteiger partial charge in [0.15, 0.2) is 5.96 Å².